The van der Waals surface area contributed by atoms with Crippen molar-refractivity contribution in [1.29, 1.82) is 0 Å². The van der Waals surface area contributed by atoms with Gasteiger partial charge in [-0.2, -0.15) is 0 Å². The summed E-state index contributed by atoms with van der Waals surface area (Å²) in [5.74, 6) is -0.231. The SMILES string of the molecule is Cc1ccccc1S(=O)(=O)NC(=O)CC(NC(=O)c1ccc(N(C)CCC(C)C)c(N(C)Cc2ccccc2)c1)C1CCCCC1. The maximum atomic E-state index is 13.9. The number of amides is 2. The lowest BCUT2D eigenvalue weighted by molar-refractivity contribution is -0.120. The molecule has 0 aliphatic heterocycles. The molecule has 1 saturated carbocycles. The lowest BCUT2D eigenvalue weighted by Gasteiger charge is -2.31. The van der Waals surface area contributed by atoms with Gasteiger partial charge in [0, 0.05) is 45.2 Å². The Morgan fingerprint density at radius 1 is 0.870 bits per heavy atom. The number of hydrogen-bond acceptors (Lipinski definition) is 6. The fraction of sp³-hybridized carbons (Fsp3) is 0.459. The van der Waals surface area contributed by atoms with Crippen LogP contribution in [0.3, 0.4) is 0 Å². The van der Waals surface area contributed by atoms with Crippen molar-refractivity contribution in [3.05, 3.63) is 89.5 Å². The number of aryl methyl sites for hydroxylation is 1. The van der Waals surface area contributed by atoms with Crippen LogP contribution >= 0.6 is 0 Å². The summed E-state index contributed by atoms with van der Waals surface area (Å²) in [7, 11) is 0.0851. The average molecular weight is 647 g/mol. The van der Waals surface area contributed by atoms with E-state index in [1.54, 1.807) is 25.1 Å². The van der Waals surface area contributed by atoms with Gasteiger partial charge >= 0.3 is 0 Å². The number of sulfonamides is 1. The van der Waals surface area contributed by atoms with Gasteiger partial charge < -0.3 is 15.1 Å². The van der Waals surface area contributed by atoms with Gasteiger partial charge in [-0.05, 0) is 73.4 Å². The van der Waals surface area contributed by atoms with E-state index in [0.717, 1.165) is 56.4 Å². The van der Waals surface area contributed by atoms with Crippen LogP contribution in [0.1, 0.15) is 80.3 Å². The second kappa shape index (κ2) is 16.1. The molecule has 248 valence electrons. The highest BCUT2D eigenvalue weighted by Crippen LogP contribution is 2.32. The second-order valence-corrected chi connectivity index (χ2v) is 14.8. The third-order valence-corrected chi connectivity index (χ3v) is 10.5. The molecule has 2 amide bonds. The topological polar surface area (TPSA) is 98.8 Å². The Morgan fingerprint density at radius 2 is 1.54 bits per heavy atom. The third-order valence-electron chi connectivity index (χ3n) is 8.94. The molecule has 1 aliphatic carbocycles. The molecule has 8 nitrogen and oxygen atoms in total. The van der Waals surface area contributed by atoms with E-state index in [9.17, 15) is 18.0 Å². The van der Waals surface area contributed by atoms with Crippen molar-refractivity contribution < 1.29 is 18.0 Å². The summed E-state index contributed by atoms with van der Waals surface area (Å²) >= 11 is 0. The van der Waals surface area contributed by atoms with Gasteiger partial charge in [0.1, 0.15) is 0 Å². The summed E-state index contributed by atoms with van der Waals surface area (Å²) in [4.78, 5) is 31.6. The number of hydrogen-bond donors (Lipinski definition) is 2. The van der Waals surface area contributed by atoms with E-state index < -0.39 is 22.0 Å². The lowest BCUT2D eigenvalue weighted by Crippen LogP contribution is -2.45. The van der Waals surface area contributed by atoms with Crippen LogP contribution in [0.15, 0.2) is 77.7 Å². The minimum absolute atomic E-state index is 0.0761. The first-order chi connectivity index (χ1) is 21.9. The Balaban J connectivity index is 1.57. The van der Waals surface area contributed by atoms with Crippen LogP contribution in [-0.2, 0) is 21.4 Å². The number of nitrogens with one attached hydrogen (secondary N) is 2. The highest BCUT2D eigenvalue weighted by Gasteiger charge is 2.30. The van der Waals surface area contributed by atoms with Gasteiger partial charge in [-0.3, -0.25) is 9.59 Å². The van der Waals surface area contributed by atoms with Gasteiger partial charge in [0.25, 0.3) is 15.9 Å². The standard InChI is InChI=1S/C37H50N4O4S/c1-27(2)22-23-40(4)33-21-20-31(24-34(33)41(5)26-29-15-8-6-9-16-29)37(43)38-32(30-17-10-7-11-18-30)25-36(42)39-46(44,45)35-19-13-12-14-28(35)3/h6,8-9,12-16,19-21,24,27,30,32H,7,10-11,17-18,22-23,25-26H2,1-5H3,(H,38,43)(H,39,42). The minimum Gasteiger partial charge on any atom is -0.373 e. The van der Waals surface area contributed by atoms with Gasteiger partial charge in [0.15, 0.2) is 0 Å². The summed E-state index contributed by atoms with van der Waals surface area (Å²) in [6.07, 6.45) is 5.86. The van der Waals surface area contributed by atoms with Gasteiger partial charge in [-0.15, -0.1) is 0 Å². The Labute approximate surface area is 275 Å². The van der Waals surface area contributed by atoms with E-state index in [-0.39, 0.29) is 23.1 Å². The smallest absolute Gasteiger partial charge is 0.264 e. The van der Waals surface area contributed by atoms with Gasteiger partial charge in [-0.25, -0.2) is 13.1 Å². The molecule has 3 aromatic carbocycles. The molecule has 4 rings (SSSR count). The fourth-order valence-electron chi connectivity index (χ4n) is 6.24. The number of carbonyl (C=O) groups is 2. The number of carbonyl (C=O) groups excluding carboxylic acids is 2. The van der Waals surface area contributed by atoms with Crippen molar-refractivity contribution in [3.63, 3.8) is 0 Å². The number of anilines is 2. The van der Waals surface area contributed by atoms with E-state index in [1.807, 2.05) is 43.4 Å². The van der Waals surface area contributed by atoms with E-state index in [0.29, 0.717) is 23.6 Å². The predicted molar refractivity (Wildman–Crippen MR) is 187 cm³/mol. The van der Waals surface area contributed by atoms with Crippen LogP contribution in [0.25, 0.3) is 0 Å². The normalized spacial score (nSPS) is 14.5. The van der Waals surface area contributed by atoms with Crippen molar-refractivity contribution in [1.82, 2.24) is 10.0 Å². The fourth-order valence-corrected chi connectivity index (χ4v) is 7.48. The molecule has 46 heavy (non-hydrogen) atoms. The molecular weight excluding hydrogens is 596 g/mol. The van der Waals surface area contributed by atoms with E-state index in [2.05, 4.69) is 52.9 Å². The highest BCUT2D eigenvalue weighted by molar-refractivity contribution is 7.90. The Bertz CT molecular complexity index is 1570. The van der Waals surface area contributed by atoms with Crippen LogP contribution in [-0.4, -0.2) is 46.9 Å². The molecule has 0 heterocycles. The van der Waals surface area contributed by atoms with Crippen LogP contribution < -0.4 is 19.8 Å². The molecule has 0 saturated heterocycles. The molecule has 1 fully saturated rings. The Hall–Kier alpha value is -3.85. The monoisotopic (exact) mass is 646 g/mol. The molecule has 1 aliphatic rings. The van der Waals surface area contributed by atoms with Crippen LogP contribution in [0, 0.1) is 18.8 Å². The lowest BCUT2D eigenvalue weighted by atomic mass is 9.82. The van der Waals surface area contributed by atoms with E-state index in [4.69, 9.17) is 0 Å². The quantitative estimate of drug-likeness (QED) is 0.203. The van der Waals surface area contributed by atoms with Gasteiger partial charge in [-0.1, -0.05) is 81.6 Å². The molecule has 0 aromatic heterocycles. The predicted octanol–water partition coefficient (Wildman–Crippen LogP) is 6.69. The Kier molecular flexibility index (Phi) is 12.3. The van der Waals surface area contributed by atoms with E-state index >= 15 is 0 Å². The zero-order valence-corrected chi connectivity index (χ0v) is 28.8. The molecular formula is C37H50N4O4S. The molecule has 1 unspecified atom stereocenters. The first-order valence-corrected chi connectivity index (χ1v) is 17.9. The zero-order valence-electron chi connectivity index (χ0n) is 28.0. The van der Waals surface area contributed by atoms with Crippen LogP contribution in [0.4, 0.5) is 11.4 Å². The number of benzene rings is 3. The second-order valence-electron chi connectivity index (χ2n) is 13.1. The molecule has 3 aromatic rings. The molecule has 0 radical (unpaired) electrons. The Morgan fingerprint density at radius 3 is 2.22 bits per heavy atom. The highest BCUT2D eigenvalue weighted by atomic mass is 32.2. The summed E-state index contributed by atoms with van der Waals surface area (Å²) < 4.78 is 28.3. The summed E-state index contributed by atoms with van der Waals surface area (Å²) in [5, 5.41) is 3.15. The molecule has 1 atom stereocenters. The molecule has 9 heteroatoms. The third kappa shape index (κ3) is 9.58. The molecule has 0 spiro atoms. The van der Waals surface area contributed by atoms with Crippen molar-refractivity contribution in [2.75, 3.05) is 30.4 Å². The number of rotatable bonds is 14. The summed E-state index contributed by atoms with van der Waals surface area (Å²) in [5.41, 5.74) is 4.22. The summed E-state index contributed by atoms with van der Waals surface area (Å²) in [6.45, 7) is 7.69. The summed E-state index contributed by atoms with van der Waals surface area (Å²) in [6, 6.07) is 22.1. The maximum Gasteiger partial charge on any atom is 0.264 e. The van der Waals surface area contributed by atoms with Crippen molar-refractivity contribution >= 4 is 33.2 Å². The number of nitrogens with zero attached hydrogens (tertiary/aromatic N) is 2. The van der Waals surface area contributed by atoms with Gasteiger partial charge in [0.05, 0.1) is 16.3 Å². The van der Waals surface area contributed by atoms with Crippen molar-refractivity contribution in [2.45, 2.75) is 83.2 Å². The maximum absolute atomic E-state index is 13.9. The van der Waals surface area contributed by atoms with E-state index in [1.165, 1.54) is 11.6 Å². The molecule has 0 bridgehead atoms. The van der Waals surface area contributed by atoms with Crippen molar-refractivity contribution in [2.24, 2.45) is 11.8 Å². The first kappa shape index (κ1) is 35.0. The van der Waals surface area contributed by atoms with Crippen LogP contribution in [0.2, 0.25) is 0 Å². The van der Waals surface area contributed by atoms with Crippen LogP contribution in [0.5, 0.6) is 0 Å². The zero-order chi connectivity index (χ0) is 33.3. The first-order valence-electron chi connectivity index (χ1n) is 16.5. The van der Waals surface area contributed by atoms with Gasteiger partial charge in [0.2, 0.25) is 5.91 Å². The minimum atomic E-state index is -4.03. The largest absolute Gasteiger partial charge is 0.373 e. The molecule has 2 N–H and O–H groups in total. The average Bonchev–Trinajstić information content (AvgIpc) is 3.03. The van der Waals surface area contributed by atoms with Crippen molar-refractivity contribution in [3.8, 4) is 0 Å².